The van der Waals surface area contributed by atoms with Crippen LogP contribution in [-0.4, -0.2) is 18.2 Å². The molecule has 0 amide bonds. The van der Waals surface area contributed by atoms with E-state index in [1.165, 1.54) is 13.4 Å². The van der Waals surface area contributed by atoms with Crippen LogP contribution >= 0.6 is 0 Å². The van der Waals surface area contributed by atoms with Gasteiger partial charge in [0.25, 0.3) is 0 Å². The Morgan fingerprint density at radius 3 is 2.70 bits per heavy atom. The fourth-order valence-electron chi connectivity index (χ4n) is 2.11. The summed E-state index contributed by atoms with van der Waals surface area (Å²) in [5.41, 5.74) is 1.83. The Morgan fingerprint density at radius 1 is 1.35 bits per heavy atom. The molecule has 1 heterocycles. The average Bonchev–Trinajstić information content (AvgIpc) is 3.01. The van der Waals surface area contributed by atoms with Crippen molar-refractivity contribution in [2.24, 2.45) is 5.92 Å². The predicted molar refractivity (Wildman–Crippen MR) is 73.7 cm³/mol. The molecular weight excluding hydrogens is 256 g/mol. The number of aromatic nitrogens is 1. The summed E-state index contributed by atoms with van der Waals surface area (Å²) in [6, 6.07) is 11.5. The lowest BCUT2D eigenvalue weighted by atomic mass is 9.94. The number of rotatable bonds is 6. The Hall–Kier alpha value is -2.14. The van der Waals surface area contributed by atoms with Gasteiger partial charge in [0.2, 0.25) is 0 Å². The smallest absolute Gasteiger partial charge is 0.310 e. The van der Waals surface area contributed by atoms with Crippen molar-refractivity contribution in [3.05, 3.63) is 53.9 Å². The molecule has 0 aliphatic rings. The average molecular weight is 274 g/mol. The minimum atomic E-state index is -0.297. The van der Waals surface area contributed by atoms with Gasteiger partial charge in [0.05, 0.1) is 18.7 Å². The first-order valence-electron chi connectivity index (χ1n) is 6.47. The molecule has 5 nitrogen and oxygen atoms in total. The maximum atomic E-state index is 11.8. The van der Waals surface area contributed by atoms with Gasteiger partial charge < -0.3 is 14.6 Å². The van der Waals surface area contributed by atoms with Gasteiger partial charge in [-0.05, 0) is 5.56 Å². The molecule has 0 aliphatic heterocycles. The maximum absolute atomic E-state index is 11.8. The Bertz CT molecular complexity index is 525. The lowest BCUT2D eigenvalue weighted by molar-refractivity contribution is -0.145. The van der Waals surface area contributed by atoms with Gasteiger partial charge in [-0.25, -0.2) is 0 Å². The summed E-state index contributed by atoms with van der Waals surface area (Å²) in [5, 5.41) is 7.18. The van der Waals surface area contributed by atoms with Crippen LogP contribution in [0.15, 0.2) is 47.2 Å². The molecule has 0 aliphatic carbocycles. The molecule has 5 heteroatoms. The number of nitrogens with one attached hydrogen (secondary N) is 1. The lowest BCUT2D eigenvalue weighted by Gasteiger charge is -2.23. The van der Waals surface area contributed by atoms with E-state index < -0.39 is 0 Å². The van der Waals surface area contributed by atoms with Gasteiger partial charge >= 0.3 is 5.97 Å². The summed E-state index contributed by atoms with van der Waals surface area (Å²) in [6.45, 7) is 2.37. The first-order valence-corrected chi connectivity index (χ1v) is 6.47. The van der Waals surface area contributed by atoms with Crippen molar-refractivity contribution in [1.29, 1.82) is 0 Å². The van der Waals surface area contributed by atoms with Crippen LogP contribution in [0.4, 0.5) is 0 Å². The molecule has 0 saturated carbocycles. The highest BCUT2D eigenvalue weighted by Gasteiger charge is 2.25. The highest BCUT2D eigenvalue weighted by atomic mass is 16.5. The quantitative estimate of drug-likeness (QED) is 0.819. The van der Waals surface area contributed by atoms with Gasteiger partial charge in [0.1, 0.15) is 6.26 Å². The van der Waals surface area contributed by atoms with E-state index in [-0.39, 0.29) is 17.9 Å². The number of carbonyl (C=O) groups is 1. The van der Waals surface area contributed by atoms with Gasteiger partial charge in [0, 0.05) is 18.7 Å². The third-order valence-electron chi connectivity index (χ3n) is 3.23. The number of ether oxygens (including phenoxy) is 1. The molecule has 0 fully saturated rings. The molecule has 106 valence electrons. The SMILES string of the molecule is COC(=O)[C@H](C)[C@@H](NCc1ccon1)c1ccccc1. The van der Waals surface area contributed by atoms with E-state index >= 15 is 0 Å². The molecule has 2 rings (SSSR count). The minimum Gasteiger partial charge on any atom is -0.469 e. The topological polar surface area (TPSA) is 64.4 Å². The number of methoxy groups -OCH3 is 1. The second-order valence-electron chi connectivity index (χ2n) is 4.57. The van der Waals surface area contributed by atoms with Crippen molar-refractivity contribution in [3.8, 4) is 0 Å². The molecular formula is C15H18N2O3. The molecule has 1 aromatic heterocycles. The van der Waals surface area contributed by atoms with Crippen LogP contribution in [0.3, 0.4) is 0 Å². The van der Waals surface area contributed by atoms with Crippen molar-refractivity contribution in [2.75, 3.05) is 7.11 Å². The summed E-state index contributed by atoms with van der Waals surface area (Å²) in [4.78, 5) is 11.8. The number of nitrogens with zero attached hydrogens (tertiary/aromatic N) is 1. The molecule has 1 N–H and O–H groups in total. The molecule has 0 radical (unpaired) electrons. The Balaban J connectivity index is 2.13. The molecule has 0 spiro atoms. The van der Waals surface area contributed by atoms with Crippen molar-refractivity contribution in [1.82, 2.24) is 10.5 Å². The largest absolute Gasteiger partial charge is 0.469 e. The van der Waals surface area contributed by atoms with Crippen LogP contribution in [0.1, 0.15) is 24.2 Å². The third kappa shape index (κ3) is 3.45. The summed E-state index contributed by atoms with van der Waals surface area (Å²) in [7, 11) is 1.40. The molecule has 0 bridgehead atoms. The van der Waals surface area contributed by atoms with E-state index in [0.717, 1.165) is 11.3 Å². The second kappa shape index (κ2) is 6.86. The van der Waals surface area contributed by atoms with Gasteiger partial charge in [0.15, 0.2) is 0 Å². The number of esters is 1. The van der Waals surface area contributed by atoms with Crippen molar-refractivity contribution in [3.63, 3.8) is 0 Å². The first-order chi connectivity index (χ1) is 9.72. The monoisotopic (exact) mass is 274 g/mol. The molecule has 2 aromatic rings. The summed E-state index contributed by atoms with van der Waals surface area (Å²) in [5.74, 6) is -0.541. The normalized spacial score (nSPS) is 13.7. The van der Waals surface area contributed by atoms with Crippen LogP contribution in [0.25, 0.3) is 0 Å². The third-order valence-corrected chi connectivity index (χ3v) is 3.23. The summed E-state index contributed by atoms with van der Waals surface area (Å²) < 4.78 is 9.64. The summed E-state index contributed by atoms with van der Waals surface area (Å²) in [6.07, 6.45) is 1.53. The Labute approximate surface area is 117 Å². The van der Waals surface area contributed by atoms with Crippen molar-refractivity contribution in [2.45, 2.75) is 19.5 Å². The van der Waals surface area contributed by atoms with E-state index in [1.54, 1.807) is 6.07 Å². The number of hydrogen-bond donors (Lipinski definition) is 1. The van der Waals surface area contributed by atoms with E-state index in [4.69, 9.17) is 9.26 Å². The number of hydrogen-bond acceptors (Lipinski definition) is 5. The van der Waals surface area contributed by atoms with Gasteiger partial charge in [-0.1, -0.05) is 42.4 Å². The van der Waals surface area contributed by atoms with Crippen molar-refractivity contribution < 1.29 is 14.1 Å². The zero-order valence-electron chi connectivity index (χ0n) is 11.6. The number of carbonyl (C=O) groups excluding carboxylic acids is 1. The Morgan fingerprint density at radius 2 is 2.10 bits per heavy atom. The zero-order valence-corrected chi connectivity index (χ0v) is 11.6. The highest BCUT2D eigenvalue weighted by Crippen LogP contribution is 2.23. The molecule has 1 aromatic carbocycles. The fraction of sp³-hybridized carbons (Fsp3) is 0.333. The zero-order chi connectivity index (χ0) is 14.4. The van der Waals surface area contributed by atoms with Gasteiger partial charge in [-0.3, -0.25) is 4.79 Å². The molecule has 0 unspecified atom stereocenters. The van der Waals surface area contributed by atoms with Crippen LogP contribution in [0, 0.1) is 5.92 Å². The standard InChI is InChI=1S/C15H18N2O3/c1-11(15(18)19-2)14(12-6-4-3-5-7-12)16-10-13-8-9-20-17-13/h3-9,11,14,16H,10H2,1-2H3/t11-,14-/m1/s1. The predicted octanol–water partition coefficient (Wildman–Crippen LogP) is 2.31. The van der Waals surface area contributed by atoms with Gasteiger partial charge in [-0.15, -0.1) is 0 Å². The first kappa shape index (κ1) is 14.3. The Kier molecular flexibility index (Phi) is 4.90. The minimum absolute atomic E-state index is 0.139. The molecule has 0 saturated heterocycles. The number of benzene rings is 1. The van der Waals surface area contributed by atoms with Crippen LogP contribution in [0.2, 0.25) is 0 Å². The summed E-state index contributed by atoms with van der Waals surface area (Å²) >= 11 is 0. The van der Waals surface area contributed by atoms with Crippen LogP contribution in [-0.2, 0) is 16.1 Å². The molecule has 20 heavy (non-hydrogen) atoms. The fourth-order valence-corrected chi connectivity index (χ4v) is 2.11. The van der Waals surface area contributed by atoms with Crippen LogP contribution in [0.5, 0.6) is 0 Å². The van der Waals surface area contributed by atoms with Crippen LogP contribution < -0.4 is 5.32 Å². The lowest BCUT2D eigenvalue weighted by Crippen LogP contribution is -2.31. The highest BCUT2D eigenvalue weighted by molar-refractivity contribution is 5.73. The van der Waals surface area contributed by atoms with E-state index in [1.807, 2.05) is 37.3 Å². The van der Waals surface area contributed by atoms with E-state index in [9.17, 15) is 4.79 Å². The van der Waals surface area contributed by atoms with E-state index in [2.05, 4.69) is 10.5 Å². The molecule has 2 atom stereocenters. The maximum Gasteiger partial charge on any atom is 0.310 e. The van der Waals surface area contributed by atoms with Gasteiger partial charge in [-0.2, -0.15) is 0 Å². The second-order valence-corrected chi connectivity index (χ2v) is 4.57. The van der Waals surface area contributed by atoms with Crippen molar-refractivity contribution >= 4 is 5.97 Å². The van der Waals surface area contributed by atoms with E-state index in [0.29, 0.717) is 6.54 Å².